The van der Waals surface area contributed by atoms with E-state index < -0.39 is 0 Å². The van der Waals surface area contributed by atoms with Gasteiger partial charge in [0.25, 0.3) is 0 Å². The van der Waals surface area contributed by atoms with Gasteiger partial charge in [-0.3, -0.25) is 4.79 Å². The maximum Gasteiger partial charge on any atom is 0.163 e. The fourth-order valence-corrected chi connectivity index (χ4v) is 2.77. The molecule has 1 aliphatic heterocycles. The standard InChI is InChI=1S/C16H20O2/c1-16(2)10-18-15-7-6-12(9-13(15)16)14(17)8-11-4-3-5-11/h6-7,9,11H,3-5,8,10H2,1-2H3. The van der Waals surface area contributed by atoms with Gasteiger partial charge in [0.2, 0.25) is 0 Å². The highest BCUT2D eigenvalue weighted by atomic mass is 16.5. The summed E-state index contributed by atoms with van der Waals surface area (Å²) in [5, 5.41) is 0. The van der Waals surface area contributed by atoms with E-state index >= 15 is 0 Å². The Kier molecular flexibility index (Phi) is 2.69. The quantitative estimate of drug-likeness (QED) is 0.757. The zero-order chi connectivity index (χ0) is 12.8. The highest BCUT2D eigenvalue weighted by Crippen LogP contribution is 2.39. The summed E-state index contributed by atoms with van der Waals surface area (Å²) in [6.45, 7) is 5.04. The number of carbonyl (C=O) groups is 1. The zero-order valence-corrected chi connectivity index (χ0v) is 11.2. The molecule has 0 amide bonds. The maximum atomic E-state index is 12.2. The summed E-state index contributed by atoms with van der Waals surface area (Å²) in [6, 6.07) is 5.92. The molecule has 2 nitrogen and oxygen atoms in total. The molecule has 2 aliphatic rings. The van der Waals surface area contributed by atoms with Gasteiger partial charge in [-0.05, 0) is 24.1 Å². The summed E-state index contributed by atoms with van der Waals surface area (Å²) in [5.41, 5.74) is 2.07. The van der Waals surface area contributed by atoms with Gasteiger partial charge >= 0.3 is 0 Å². The van der Waals surface area contributed by atoms with Crippen molar-refractivity contribution in [2.75, 3.05) is 6.61 Å². The zero-order valence-electron chi connectivity index (χ0n) is 11.2. The van der Waals surface area contributed by atoms with E-state index in [2.05, 4.69) is 13.8 Å². The predicted molar refractivity (Wildman–Crippen MR) is 71.3 cm³/mol. The van der Waals surface area contributed by atoms with Crippen LogP contribution in [0.4, 0.5) is 0 Å². The molecular weight excluding hydrogens is 224 g/mol. The molecule has 0 radical (unpaired) electrons. The highest BCUT2D eigenvalue weighted by Gasteiger charge is 2.32. The van der Waals surface area contributed by atoms with Crippen LogP contribution in [-0.2, 0) is 5.41 Å². The lowest BCUT2D eigenvalue weighted by Crippen LogP contribution is -2.19. The Balaban J connectivity index is 1.83. The highest BCUT2D eigenvalue weighted by molar-refractivity contribution is 5.96. The van der Waals surface area contributed by atoms with Crippen LogP contribution in [-0.4, -0.2) is 12.4 Å². The summed E-state index contributed by atoms with van der Waals surface area (Å²) in [6.07, 6.45) is 4.47. The van der Waals surface area contributed by atoms with E-state index in [4.69, 9.17) is 4.74 Å². The number of rotatable bonds is 3. The Morgan fingerprint density at radius 3 is 2.83 bits per heavy atom. The molecule has 0 saturated heterocycles. The Hall–Kier alpha value is -1.31. The summed E-state index contributed by atoms with van der Waals surface area (Å²) in [7, 11) is 0. The number of hydrogen-bond donors (Lipinski definition) is 0. The van der Waals surface area contributed by atoms with Crippen molar-refractivity contribution in [1.82, 2.24) is 0 Å². The third-order valence-electron chi connectivity index (χ3n) is 4.32. The van der Waals surface area contributed by atoms with Crippen LogP contribution in [0.1, 0.15) is 55.5 Å². The largest absolute Gasteiger partial charge is 0.492 e. The lowest BCUT2D eigenvalue weighted by Gasteiger charge is -2.24. The number of benzene rings is 1. The Bertz CT molecular complexity index is 484. The predicted octanol–water partition coefficient (Wildman–Crippen LogP) is 3.73. The monoisotopic (exact) mass is 244 g/mol. The van der Waals surface area contributed by atoms with Crippen LogP contribution in [0, 0.1) is 5.92 Å². The number of hydrogen-bond acceptors (Lipinski definition) is 2. The first-order valence-electron chi connectivity index (χ1n) is 6.87. The van der Waals surface area contributed by atoms with E-state index in [1.807, 2.05) is 18.2 Å². The van der Waals surface area contributed by atoms with Gasteiger partial charge in [-0.1, -0.05) is 33.1 Å². The Morgan fingerprint density at radius 1 is 1.39 bits per heavy atom. The molecule has 18 heavy (non-hydrogen) atoms. The third kappa shape index (κ3) is 1.94. The van der Waals surface area contributed by atoms with Crippen LogP contribution in [0.3, 0.4) is 0 Å². The van der Waals surface area contributed by atoms with E-state index in [9.17, 15) is 4.79 Å². The van der Waals surface area contributed by atoms with Crippen molar-refractivity contribution in [1.29, 1.82) is 0 Å². The molecule has 1 heterocycles. The molecule has 96 valence electrons. The molecule has 1 aromatic rings. The lowest BCUT2D eigenvalue weighted by atomic mass is 9.80. The van der Waals surface area contributed by atoms with Crippen LogP contribution in [0.5, 0.6) is 5.75 Å². The minimum Gasteiger partial charge on any atom is -0.492 e. The summed E-state index contributed by atoms with van der Waals surface area (Å²) in [4.78, 5) is 12.2. The number of fused-ring (bicyclic) bond motifs is 1. The van der Waals surface area contributed by atoms with E-state index in [-0.39, 0.29) is 5.41 Å². The molecule has 1 fully saturated rings. The van der Waals surface area contributed by atoms with E-state index in [1.165, 1.54) is 24.8 Å². The summed E-state index contributed by atoms with van der Waals surface area (Å²) in [5.74, 6) is 1.88. The molecule has 1 aromatic carbocycles. The third-order valence-corrected chi connectivity index (χ3v) is 4.32. The van der Waals surface area contributed by atoms with Gasteiger partial charge in [0.1, 0.15) is 5.75 Å². The molecule has 0 bridgehead atoms. The van der Waals surface area contributed by atoms with Gasteiger partial charge in [0.15, 0.2) is 5.78 Å². The number of ketones is 1. The molecule has 0 N–H and O–H groups in total. The second kappa shape index (κ2) is 4.11. The number of carbonyl (C=O) groups excluding carboxylic acids is 1. The maximum absolute atomic E-state index is 12.2. The molecule has 1 aliphatic carbocycles. The van der Waals surface area contributed by atoms with Gasteiger partial charge < -0.3 is 4.74 Å². The van der Waals surface area contributed by atoms with E-state index in [0.29, 0.717) is 18.3 Å². The van der Waals surface area contributed by atoms with Crippen LogP contribution >= 0.6 is 0 Å². The normalized spacial score (nSPS) is 21.0. The number of Topliss-reactive ketones (excluding diaryl/α,β-unsaturated/α-hetero) is 1. The SMILES string of the molecule is CC1(C)COc2ccc(C(=O)CC3CCC3)cc21. The first kappa shape index (κ1) is 11.8. The van der Waals surface area contributed by atoms with Gasteiger partial charge in [0.05, 0.1) is 6.61 Å². The van der Waals surface area contributed by atoms with Crippen molar-refractivity contribution in [3.8, 4) is 5.75 Å². The average Bonchev–Trinajstić information content (AvgIpc) is 2.59. The first-order valence-corrected chi connectivity index (χ1v) is 6.87. The molecule has 0 unspecified atom stereocenters. The van der Waals surface area contributed by atoms with E-state index in [0.717, 1.165) is 17.7 Å². The van der Waals surface area contributed by atoms with Crippen molar-refractivity contribution in [3.05, 3.63) is 29.3 Å². The molecule has 0 aromatic heterocycles. The fraction of sp³-hybridized carbons (Fsp3) is 0.562. The molecule has 0 spiro atoms. The lowest BCUT2D eigenvalue weighted by molar-refractivity contribution is 0.0936. The Labute approximate surface area is 108 Å². The number of ether oxygens (including phenoxy) is 1. The van der Waals surface area contributed by atoms with Crippen LogP contribution < -0.4 is 4.74 Å². The second-order valence-electron chi connectivity index (χ2n) is 6.31. The second-order valence-corrected chi connectivity index (χ2v) is 6.31. The topological polar surface area (TPSA) is 26.3 Å². The van der Waals surface area contributed by atoms with Gasteiger partial charge in [-0.25, -0.2) is 0 Å². The minimum absolute atomic E-state index is 0.0299. The van der Waals surface area contributed by atoms with Crippen LogP contribution in [0.15, 0.2) is 18.2 Å². The molecular formula is C16H20O2. The summed E-state index contributed by atoms with van der Waals surface area (Å²) < 4.78 is 5.65. The van der Waals surface area contributed by atoms with Crippen molar-refractivity contribution >= 4 is 5.78 Å². The first-order chi connectivity index (χ1) is 8.56. The molecule has 3 rings (SSSR count). The van der Waals surface area contributed by atoms with Gasteiger partial charge in [-0.2, -0.15) is 0 Å². The van der Waals surface area contributed by atoms with Gasteiger partial charge in [0, 0.05) is 23.0 Å². The van der Waals surface area contributed by atoms with Crippen molar-refractivity contribution in [2.45, 2.75) is 44.9 Å². The van der Waals surface area contributed by atoms with Gasteiger partial charge in [-0.15, -0.1) is 0 Å². The molecule has 1 saturated carbocycles. The van der Waals surface area contributed by atoms with Crippen molar-refractivity contribution in [3.63, 3.8) is 0 Å². The van der Waals surface area contributed by atoms with Crippen molar-refractivity contribution < 1.29 is 9.53 Å². The average molecular weight is 244 g/mol. The summed E-state index contributed by atoms with van der Waals surface area (Å²) >= 11 is 0. The van der Waals surface area contributed by atoms with Crippen molar-refractivity contribution in [2.24, 2.45) is 5.92 Å². The minimum atomic E-state index is 0.0299. The Morgan fingerprint density at radius 2 is 2.17 bits per heavy atom. The molecule has 2 heteroatoms. The van der Waals surface area contributed by atoms with E-state index in [1.54, 1.807) is 0 Å². The smallest absolute Gasteiger partial charge is 0.163 e. The van der Waals surface area contributed by atoms with Crippen LogP contribution in [0.2, 0.25) is 0 Å². The molecule has 0 atom stereocenters. The van der Waals surface area contributed by atoms with Crippen LogP contribution in [0.25, 0.3) is 0 Å². The fourth-order valence-electron chi connectivity index (χ4n) is 2.77.